The molecule has 1 fully saturated rings. The summed E-state index contributed by atoms with van der Waals surface area (Å²) >= 11 is 0. The fourth-order valence-corrected chi connectivity index (χ4v) is 3.90. The number of piperazine rings is 1. The fourth-order valence-electron chi connectivity index (χ4n) is 3.90. The van der Waals surface area contributed by atoms with Gasteiger partial charge in [-0.05, 0) is 42.0 Å². The molecule has 0 unspecified atom stereocenters. The van der Waals surface area contributed by atoms with Gasteiger partial charge in [-0.2, -0.15) is 13.2 Å². The van der Waals surface area contributed by atoms with E-state index in [1.165, 1.54) is 24.4 Å². The Morgan fingerprint density at radius 1 is 1.02 bits per heavy atom. The number of amides is 2. The zero-order valence-electron chi connectivity index (χ0n) is 21.3. The molecule has 1 aliphatic heterocycles. The number of rotatable bonds is 10. The number of hydrogen-bond acceptors (Lipinski definition) is 7. The number of nitrogens with zero attached hydrogens (tertiary/aromatic N) is 2. The number of alkyl halides is 3. The number of carboxylic acid groups (broad SMARTS) is 1. The minimum Gasteiger partial charge on any atom is -0.490 e. The molecule has 2 amide bonds. The highest BCUT2D eigenvalue weighted by atomic mass is 19.4. The summed E-state index contributed by atoms with van der Waals surface area (Å²) in [6.07, 6.45) is -3.26. The summed E-state index contributed by atoms with van der Waals surface area (Å²) < 4.78 is 51.3. The first kappa shape index (κ1) is 28.6. The number of nitrogens with one attached hydrogen (secondary N) is 3. The van der Waals surface area contributed by atoms with Gasteiger partial charge in [-0.15, -0.1) is 0 Å². The van der Waals surface area contributed by atoms with Crippen LogP contribution in [-0.4, -0.2) is 66.3 Å². The maximum Gasteiger partial charge on any atom is 0.416 e. The van der Waals surface area contributed by atoms with Gasteiger partial charge in [-0.3, -0.25) is 4.90 Å². The highest BCUT2D eigenvalue weighted by Crippen LogP contribution is 2.35. The van der Waals surface area contributed by atoms with Crippen molar-refractivity contribution in [2.45, 2.75) is 12.7 Å². The predicted octanol–water partition coefficient (Wildman–Crippen LogP) is 4.20. The molecule has 0 saturated carbocycles. The minimum atomic E-state index is -4.58. The minimum absolute atomic E-state index is 0.0860. The van der Waals surface area contributed by atoms with Crippen LogP contribution >= 0.6 is 0 Å². The lowest BCUT2D eigenvalue weighted by molar-refractivity contribution is -0.137. The number of benzene rings is 2. The summed E-state index contributed by atoms with van der Waals surface area (Å²) in [4.78, 5) is 29.5. The lowest BCUT2D eigenvalue weighted by Gasteiger charge is -2.27. The van der Waals surface area contributed by atoms with Crippen molar-refractivity contribution in [3.8, 4) is 17.2 Å². The van der Waals surface area contributed by atoms with Crippen LogP contribution in [0.5, 0.6) is 17.2 Å². The molecule has 10 nitrogen and oxygen atoms in total. The molecule has 1 saturated heterocycles. The fraction of sp³-hybridized carbons (Fsp3) is 0.296. The van der Waals surface area contributed by atoms with Crippen molar-refractivity contribution in [1.82, 2.24) is 20.5 Å². The number of pyridine rings is 1. The van der Waals surface area contributed by atoms with Crippen LogP contribution < -0.4 is 25.4 Å². The lowest BCUT2D eigenvalue weighted by Crippen LogP contribution is -2.44. The highest BCUT2D eigenvalue weighted by Gasteiger charge is 2.31. The molecule has 0 atom stereocenters. The first-order valence-electron chi connectivity index (χ1n) is 12.5. The van der Waals surface area contributed by atoms with E-state index in [-0.39, 0.29) is 30.3 Å². The third kappa shape index (κ3) is 8.32. The van der Waals surface area contributed by atoms with Gasteiger partial charge in [-0.25, -0.2) is 14.6 Å². The monoisotopic (exact) mass is 559 g/mol. The van der Waals surface area contributed by atoms with Crippen molar-refractivity contribution in [2.75, 3.05) is 44.6 Å². The number of ether oxygens (including phenoxy) is 2. The third-order valence-corrected chi connectivity index (χ3v) is 5.99. The van der Waals surface area contributed by atoms with E-state index in [0.29, 0.717) is 23.6 Å². The topological polar surface area (TPSA) is 125 Å². The van der Waals surface area contributed by atoms with Crippen molar-refractivity contribution < 1.29 is 37.3 Å². The Morgan fingerprint density at radius 3 is 2.48 bits per heavy atom. The van der Waals surface area contributed by atoms with Gasteiger partial charge in [0.15, 0.2) is 5.69 Å². The van der Waals surface area contributed by atoms with Gasteiger partial charge in [0.1, 0.15) is 23.9 Å². The molecule has 13 heteroatoms. The molecule has 212 valence electrons. The standard InChI is InChI=1S/C27H28F3N5O5/c28-27(29,30)19-3-6-24(39-14-13-35-11-9-31-10-12-35)22(15-19)34-26(38)33-17-18-1-4-20(5-2-18)40-21-7-8-32-23(16-21)25(36)37/h1-8,15-16,31H,9-14,17H2,(H,36,37)(H2,33,34,38). The van der Waals surface area contributed by atoms with Gasteiger partial charge >= 0.3 is 18.2 Å². The zero-order chi connectivity index (χ0) is 28.5. The van der Waals surface area contributed by atoms with Crippen molar-refractivity contribution in [3.63, 3.8) is 0 Å². The Morgan fingerprint density at radius 2 is 1.77 bits per heavy atom. The average Bonchev–Trinajstić information content (AvgIpc) is 2.93. The Labute approximate surface area is 228 Å². The highest BCUT2D eigenvalue weighted by molar-refractivity contribution is 5.91. The van der Waals surface area contributed by atoms with E-state index in [2.05, 4.69) is 25.8 Å². The largest absolute Gasteiger partial charge is 0.490 e. The molecule has 0 radical (unpaired) electrons. The van der Waals surface area contributed by atoms with Crippen molar-refractivity contribution >= 4 is 17.7 Å². The predicted molar refractivity (Wildman–Crippen MR) is 140 cm³/mol. The molecular weight excluding hydrogens is 531 g/mol. The number of hydrogen-bond donors (Lipinski definition) is 4. The van der Waals surface area contributed by atoms with Gasteiger partial charge in [-0.1, -0.05) is 12.1 Å². The zero-order valence-corrected chi connectivity index (χ0v) is 21.3. The van der Waals surface area contributed by atoms with Crippen molar-refractivity contribution in [3.05, 3.63) is 77.6 Å². The second-order valence-electron chi connectivity index (χ2n) is 8.88. The van der Waals surface area contributed by atoms with Crippen LogP contribution in [0.2, 0.25) is 0 Å². The number of aromatic carboxylic acids is 1. The molecule has 1 aliphatic rings. The van der Waals surface area contributed by atoms with Crippen LogP contribution in [0.25, 0.3) is 0 Å². The van der Waals surface area contributed by atoms with E-state index in [4.69, 9.17) is 14.6 Å². The van der Waals surface area contributed by atoms with Crippen molar-refractivity contribution in [1.29, 1.82) is 0 Å². The molecule has 3 aromatic rings. The van der Waals surface area contributed by atoms with Crippen molar-refractivity contribution in [2.24, 2.45) is 0 Å². The van der Waals surface area contributed by atoms with E-state index in [1.807, 2.05) is 0 Å². The Balaban J connectivity index is 1.33. The molecule has 2 aromatic carbocycles. The van der Waals surface area contributed by atoms with Gasteiger partial charge in [0.25, 0.3) is 0 Å². The lowest BCUT2D eigenvalue weighted by atomic mass is 10.1. The number of urea groups is 1. The number of anilines is 1. The van der Waals surface area contributed by atoms with E-state index in [0.717, 1.165) is 38.3 Å². The summed E-state index contributed by atoms with van der Waals surface area (Å²) in [5.74, 6) is -0.307. The summed E-state index contributed by atoms with van der Waals surface area (Å²) in [5.41, 5.74) is -0.454. The Hall–Kier alpha value is -4.36. The maximum atomic E-state index is 13.3. The molecule has 0 aliphatic carbocycles. The van der Waals surface area contributed by atoms with Crippen LogP contribution in [0.1, 0.15) is 21.6 Å². The van der Waals surface area contributed by atoms with Crippen LogP contribution in [-0.2, 0) is 12.7 Å². The van der Waals surface area contributed by atoms with E-state index in [1.54, 1.807) is 24.3 Å². The number of carboxylic acids is 1. The van der Waals surface area contributed by atoms with Gasteiger partial charge in [0, 0.05) is 51.5 Å². The maximum absolute atomic E-state index is 13.3. The molecule has 0 bridgehead atoms. The number of aromatic nitrogens is 1. The van der Waals surface area contributed by atoms with Gasteiger partial charge in [0.05, 0.1) is 11.3 Å². The molecule has 4 N–H and O–H groups in total. The summed E-state index contributed by atoms with van der Waals surface area (Å²) in [7, 11) is 0. The molecular formula is C27H28F3N5O5. The van der Waals surface area contributed by atoms with Crippen LogP contribution in [0, 0.1) is 0 Å². The molecule has 2 heterocycles. The first-order valence-corrected chi connectivity index (χ1v) is 12.5. The van der Waals surface area contributed by atoms with E-state index in [9.17, 15) is 22.8 Å². The summed E-state index contributed by atoms with van der Waals surface area (Å²) in [6.45, 7) is 4.38. The Bertz CT molecular complexity index is 1310. The third-order valence-electron chi connectivity index (χ3n) is 5.99. The second kappa shape index (κ2) is 13.1. The second-order valence-corrected chi connectivity index (χ2v) is 8.88. The SMILES string of the molecule is O=C(NCc1ccc(Oc2ccnc(C(=O)O)c2)cc1)Nc1cc(C(F)(F)F)ccc1OCCN1CCNCC1. The molecule has 1 aromatic heterocycles. The average molecular weight is 560 g/mol. The molecule has 0 spiro atoms. The van der Waals surface area contributed by atoms with E-state index >= 15 is 0 Å². The number of halogens is 3. The van der Waals surface area contributed by atoms with Crippen LogP contribution in [0.4, 0.5) is 23.7 Å². The summed E-state index contributed by atoms with van der Waals surface area (Å²) in [5, 5.41) is 17.4. The Kier molecular flexibility index (Phi) is 9.40. The number of carbonyl (C=O) groups is 2. The number of carbonyl (C=O) groups excluding carboxylic acids is 1. The first-order chi connectivity index (χ1) is 19.2. The quantitative estimate of drug-likeness (QED) is 0.292. The van der Waals surface area contributed by atoms with Gasteiger partial charge in [0.2, 0.25) is 0 Å². The van der Waals surface area contributed by atoms with Crippen LogP contribution in [0.3, 0.4) is 0 Å². The van der Waals surface area contributed by atoms with Crippen LogP contribution in [0.15, 0.2) is 60.8 Å². The van der Waals surface area contributed by atoms with E-state index < -0.39 is 23.7 Å². The molecule has 4 rings (SSSR count). The molecule has 40 heavy (non-hydrogen) atoms. The van der Waals surface area contributed by atoms with Gasteiger partial charge < -0.3 is 30.5 Å². The summed E-state index contributed by atoms with van der Waals surface area (Å²) in [6, 6.07) is 11.7. The smallest absolute Gasteiger partial charge is 0.416 e. The normalized spacial score (nSPS) is 13.9.